The van der Waals surface area contributed by atoms with Gasteiger partial charge in [0.2, 0.25) is 6.79 Å². The first kappa shape index (κ1) is 26.3. The lowest BCUT2D eigenvalue weighted by atomic mass is 9.87. The number of carbonyl (C=O) groups excluding carboxylic acids is 2. The second-order valence-electron chi connectivity index (χ2n) is 9.69. The molecule has 0 saturated carbocycles. The Hall–Kier alpha value is -2.78. The summed E-state index contributed by atoms with van der Waals surface area (Å²) in [6.07, 6.45) is 4.27. The molecule has 0 unspecified atom stereocenters. The standard InChI is InChI=1S/C27H37NO8/c1-5-7-10-28-11-8-17-12-20-21(35-16-34-20)13-18(17)24-19(28)14-22(32-3)25(24)36-26(30)27(31,9-6-2)15-23(29)33-4/h12-14,19,24-25,31H,5-11,15-16H2,1-4H3/t19-,24-,25+,27+/m0/s1. The molecule has 4 atom stereocenters. The molecule has 9 nitrogen and oxygen atoms in total. The van der Waals surface area contributed by atoms with Crippen LogP contribution >= 0.6 is 0 Å². The summed E-state index contributed by atoms with van der Waals surface area (Å²) in [5.41, 5.74) is 0.137. The molecule has 0 bridgehead atoms. The van der Waals surface area contributed by atoms with Crippen LogP contribution in [0.2, 0.25) is 0 Å². The third-order valence-corrected chi connectivity index (χ3v) is 7.37. The lowest BCUT2D eigenvalue weighted by molar-refractivity contribution is -0.178. The molecule has 1 N–H and O–H groups in total. The average molecular weight is 504 g/mol. The number of hydrogen-bond donors (Lipinski definition) is 1. The van der Waals surface area contributed by atoms with Crippen LogP contribution in [-0.2, 0) is 30.2 Å². The molecule has 36 heavy (non-hydrogen) atoms. The van der Waals surface area contributed by atoms with Crippen molar-refractivity contribution < 1.29 is 38.4 Å². The molecule has 3 aliphatic rings. The summed E-state index contributed by atoms with van der Waals surface area (Å²) in [6.45, 7) is 5.90. The number of carbonyl (C=O) groups is 2. The van der Waals surface area contributed by atoms with Crippen LogP contribution in [0.1, 0.15) is 63.0 Å². The molecule has 0 aromatic heterocycles. The quantitative estimate of drug-likeness (QED) is 0.483. The summed E-state index contributed by atoms with van der Waals surface area (Å²) in [5.74, 6) is 0.120. The Kier molecular flexibility index (Phi) is 8.10. The van der Waals surface area contributed by atoms with Gasteiger partial charge in [-0.15, -0.1) is 0 Å². The van der Waals surface area contributed by atoms with Crippen LogP contribution in [0.3, 0.4) is 0 Å². The molecule has 9 heteroatoms. The van der Waals surface area contributed by atoms with Gasteiger partial charge in [0.15, 0.2) is 23.2 Å². The van der Waals surface area contributed by atoms with Gasteiger partial charge in [0.05, 0.1) is 20.6 Å². The molecular formula is C27H37NO8. The van der Waals surface area contributed by atoms with Crippen LogP contribution in [0.4, 0.5) is 0 Å². The maximum absolute atomic E-state index is 13.4. The molecule has 1 aromatic rings. The molecule has 0 spiro atoms. The van der Waals surface area contributed by atoms with E-state index in [0.29, 0.717) is 23.7 Å². The molecule has 1 aromatic carbocycles. The van der Waals surface area contributed by atoms with Gasteiger partial charge in [0.1, 0.15) is 5.76 Å². The van der Waals surface area contributed by atoms with Gasteiger partial charge >= 0.3 is 11.9 Å². The van der Waals surface area contributed by atoms with Crippen molar-refractivity contribution in [3.63, 3.8) is 0 Å². The van der Waals surface area contributed by atoms with Crippen LogP contribution < -0.4 is 9.47 Å². The molecular weight excluding hydrogens is 466 g/mol. The summed E-state index contributed by atoms with van der Waals surface area (Å²) in [6, 6.07) is 3.94. The number of nitrogens with zero attached hydrogens (tertiary/aromatic N) is 1. The number of rotatable bonds is 10. The number of benzene rings is 1. The number of hydrogen-bond acceptors (Lipinski definition) is 9. The van der Waals surface area contributed by atoms with Crippen LogP contribution in [-0.4, -0.2) is 73.8 Å². The van der Waals surface area contributed by atoms with E-state index in [4.69, 9.17) is 23.7 Å². The number of ether oxygens (including phenoxy) is 5. The minimum Gasteiger partial charge on any atom is -0.497 e. The molecule has 2 aliphatic heterocycles. The van der Waals surface area contributed by atoms with Gasteiger partial charge in [-0.25, -0.2) is 4.79 Å². The minimum absolute atomic E-state index is 0.0641. The van der Waals surface area contributed by atoms with E-state index in [1.807, 2.05) is 25.1 Å². The second kappa shape index (κ2) is 11.1. The molecule has 0 fully saturated rings. The first-order valence-corrected chi connectivity index (χ1v) is 12.8. The smallest absolute Gasteiger partial charge is 0.339 e. The van der Waals surface area contributed by atoms with E-state index in [9.17, 15) is 14.7 Å². The van der Waals surface area contributed by atoms with Crippen molar-refractivity contribution >= 4 is 11.9 Å². The van der Waals surface area contributed by atoms with Gasteiger partial charge in [-0.3, -0.25) is 9.69 Å². The van der Waals surface area contributed by atoms with Crippen molar-refractivity contribution in [1.82, 2.24) is 4.90 Å². The maximum atomic E-state index is 13.4. The molecule has 0 amide bonds. The van der Waals surface area contributed by atoms with E-state index < -0.39 is 30.1 Å². The Bertz CT molecular complexity index is 1010. The van der Waals surface area contributed by atoms with Crippen molar-refractivity contribution in [2.24, 2.45) is 0 Å². The van der Waals surface area contributed by atoms with E-state index >= 15 is 0 Å². The van der Waals surface area contributed by atoms with E-state index in [1.165, 1.54) is 7.11 Å². The van der Waals surface area contributed by atoms with Crippen LogP contribution in [0.15, 0.2) is 24.0 Å². The molecule has 1 aliphatic carbocycles. The number of unbranched alkanes of at least 4 members (excludes halogenated alkanes) is 1. The highest BCUT2D eigenvalue weighted by atomic mass is 16.7. The van der Waals surface area contributed by atoms with Crippen molar-refractivity contribution in [2.45, 2.75) is 76.0 Å². The zero-order valence-corrected chi connectivity index (χ0v) is 21.6. The number of aliphatic hydroxyl groups is 1. The lowest BCUT2D eigenvalue weighted by Crippen LogP contribution is -2.46. The highest BCUT2D eigenvalue weighted by Crippen LogP contribution is 2.47. The Morgan fingerprint density at radius 1 is 1.17 bits per heavy atom. The summed E-state index contributed by atoms with van der Waals surface area (Å²) < 4.78 is 27.8. The fraction of sp³-hybridized carbons (Fsp3) is 0.630. The fourth-order valence-corrected chi connectivity index (χ4v) is 5.49. The minimum atomic E-state index is -1.98. The summed E-state index contributed by atoms with van der Waals surface area (Å²) in [4.78, 5) is 27.8. The predicted molar refractivity (Wildman–Crippen MR) is 131 cm³/mol. The number of methoxy groups -OCH3 is 2. The average Bonchev–Trinajstić information content (AvgIpc) is 3.43. The van der Waals surface area contributed by atoms with Crippen molar-refractivity contribution in [2.75, 3.05) is 34.1 Å². The van der Waals surface area contributed by atoms with Crippen molar-refractivity contribution in [3.05, 3.63) is 35.1 Å². The summed E-state index contributed by atoms with van der Waals surface area (Å²) in [5, 5.41) is 11.2. The fourth-order valence-electron chi connectivity index (χ4n) is 5.49. The van der Waals surface area contributed by atoms with E-state index in [2.05, 4.69) is 11.8 Å². The van der Waals surface area contributed by atoms with Gasteiger partial charge in [-0.1, -0.05) is 26.7 Å². The largest absolute Gasteiger partial charge is 0.497 e. The normalized spacial score (nSPS) is 24.1. The summed E-state index contributed by atoms with van der Waals surface area (Å²) >= 11 is 0. The van der Waals surface area contributed by atoms with E-state index in [-0.39, 0.29) is 25.2 Å². The van der Waals surface area contributed by atoms with E-state index in [1.54, 1.807) is 7.11 Å². The highest BCUT2D eigenvalue weighted by Gasteiger charge is 2.49. The zero-order valence-electron chi connectivity index (χ0n) is 21.6. The van der Waals surface area contributed by atoms with Crippen LogP contribution in [0.5, 0.6) is 11.5 Å². The third kappa shape index (κ3) is 5.04. The Labute approximate surface area is 212 Å². The summed E-state index contributed by atoms with van der Waals surface area (Å²) in [7, 11) is 2.78. The van der Waals surface area contributed by atoms with Crippen molar-refractivity contribution in [3.8, 4) is 11.5 Å². The molecule has 2 heterocycles. The van der Waals surface area contributed by atoms with E-state index in [0.717, 1.165) is 43.5 Å². The number of fused-ring (bicyclic) bond motifs is 4. The van der Waals surface area contributed by atoms with Gasteiger partial charge in [0.25, 0.3) is 0 Å². The molecule has 0 radical (unpaired) electrons. The zero-order chi connectivity index (χ0) is 25.9. The third-order valence-electron chi connectivity index (χ3n) is 7.37. The first-order valence-electron chi connectivity index (χ1n) is 12.8. The predicted octanol–water partition coefficient (Wildman–Crippen LogP) is 3.08. The molecule has 198 valence electrons. The lowest BCUT2D eigenvalue weighted by Gasteiger charge is -2.34. The van der Waals surface area contributed by atoms with Crippen molar-refractivity contribution in [1.29, 1.82) is 0 Å². The second-order valence-corrected chi connectivity index (χ2v) is 9.69. The SMILES string of the molecule is CCCCN1CCc2cc3c(cc2[C@@H]2[C@H](OC(=O)[C@@](O)(CCC)CC(=O)OC)C(OC)=C[C@@H]21)OCO3. The first-order chi connectivity index (χ1) is 17.3. The maximum Gasteiger partial charge on any atom is 0.339 e. The van der Waals surface area contributed by atoms with Gasteiger partial charge in [-0.2, -0.15) is 0 Å². The highest BCUT2D eigenvalue weighted by molar-refractivity contribution is 5.86. The molecule has 4 rings (SSSR count). The van der Waals surface area contributed by atoms with Crippen LogP contribution in [0.25, 0.3) is 0 Å². The monoisotopic (exact) mass is 503 g/mol. The number of esters is 2. The van der Waals surface area contributed by atoms with Crippen LogP contribution in [0, 0.1) is 0 Å². The Morgan fingerprint density at radius 2 is 1.92 bits per heavy atom. The Morgan fingerprint density at radius 3 is 2.58 bits per heavy atom. The topological polar surface area (TPSA) is 104 Å². The van der Waals surface area contributed by atoms with Gasteiger partial charge in [-0.05, 0) is 55.1 Å². The van der Waals surface area contributed by atoms with Gasteiger partial charge < -0.3 is 28.8 Å². The van der Waals surface area contributed by atoms with Gasteiger partial charge in [0, 0.05) is 18.5 Å². The molecule has 0 saturated heterocycles. The Balaban J connectivity index is 1.72.